The SMILES string of the molecule is O=C(c1ccc(-c2ccccc2)c(F)c1)[C@H]1CCCN(C(=O)c2ccc[n+]([O-])c2)C1. The fourth-order valence-electron chi connectivity index (χ4n) is 3.90. The number of benzene rings is 2. The van der Waals surface area contributed by atoms with E-state index in [2.05, 4.69) is 0 Å². The number of piperidine rings is 1. The summed E-state index contributed by atoms with van der Waals surface area (Å²) in [6.45, 7) is 0.783. The average molecular weight is 404 g/mol. The lowest BCUT2D eigenvalue weighted by Crippen LogP contribution is -2.43. The first-order chi connectivity index (χ1) is 14.5. The number of carbonyl (C=O) groups excluding carboxylic acids is 2. The van der Waals surface area contributed by atoms with Crippen LogP contribution in [0.15, 0.2) is 73.1 Å². The van der Waals surface area contributed by atoms with Crippen LogP contribution >= 0.6 is 0 Å². The van der Waals surface area contributed by atoms with Gasteiger partial charge in [0, 0.05) is 36.2 Å². The lowest BCUT2D eigenvalue weighted by Gasteiger charge is -2.32. The van der Waals surface area contributed by atoms with Gasteiger partial charge >= 0.3 is 0 Å². The number of rotatable bonds is 4. The number of likely N-dealkylation sites (tertiary alicyclic amines) is 1. The third-order valence-electron chi connectivity index (χ3n) is 5.44. The number of aromatic nitrogens is 1. The first-order valence-corrected chi connectivity index (χ1v) is 9.90. The smallest absolute Gasteiger partial charge is 0.259 e. The van der Waals surface area contributed by atoms with Crippen LogP contribution in [0.5, 0.6) is 0 Å². The molecule has 30 heavy (non-hydrogen) atoms. The molecule has 1 aromatic heterocycles. The molecule has 0 aliphatic carbocycles. The van der Waals surface area contributed by atoms with Crippen molar-refractivity contribution in [1.29, 1.82) is 0 Å². The maximum atomic E-state index is 14.7. The predicted octanol–water partition coefficient (Wildman–Crippen LogP) is 3.86. The summed E-state index contributed by atoms with van der Waals surface area (Å²) in [6.07, 6.45) is 3.86. The van der Waals surface area contributed by atoms with Gasteiger partial charge in [-0.3, -0.25) is 9.59 Å². The lowest BCUT2D eigenvalue weighted by molar-refractivity contribution is -0.605. The summed E-state index contributed by atoms with van der Waals surface area (Å²) in [7, 11) is 0. The topological polar surface area (TPSA) is 64.3 Å². The van der Waals surface area contributed by atoms with Gasteiger partial charge in [-0.15, -0.1) is 0 Å². The van der Waals surface area contributed by atoms with Crippen molar-refractivity contribution in [1.82, 2.24) is 4.90 Å². The summed E-state index contributed by atoms with van der Waals surface area (Å²) in [6, 6.07) is 16.8. The van der Waals surface area contributed by atoms with Crippen molar-refractivity contribution >= 4 is 11.7 Å². The number of Topliss-reactive ketones (excluding diaryl/α,β-unsaturated/α-hetero) is 1. The van der Waals surface area contributed by atoms with E-state index >= 15 is 0 Å². The van der Waals surface area contributed by atoms with Crippen LogP contribution in [0.2, 0.25) is 0 Å². The van der Waals surface area contributed by atoms with E-state index in [1.807, 2.05) is 30.3 Å². The van der Waals surface area contributed by atoms with E-state index in [1.165, 1.54) is 24.5 Å². The fourth-order valence-corrected chi connectivity index (χ4v) is 3.90. The highest BCUT2D eigenvalue weighted by Gasteiger charge is 2.30. The maximum absolute atomic E-state index is 14.7. The van der Waals surface area contributed by atoms with Gasteiger partial charge in [0.1, 0.15) is 11.4 Å². The van der Waals surface area contributed by atoms with Crippen molar-refractivity contribution in [2.75, 3.05) is 13.1 Å². The number of hydrogen-bond acceptors (Lipinski definition) is 3. The zero-order valence-corrected chi connectivity index (χ0v) is 16.3. The molecule has 3 aromatic rings. The van der Waals surface area contributed by atoms with E-state index < -0.39 is 11.7 Å². The van der Waals surface area contributed by atoms with Crippen molar-refractivity contribution in [3.63, 3.8) is 0 Å². The van der Waals surface area contributed by atoms with Crippen LogP contribution in [0.1, 0.15) is 33.6 Å². The van der Waals surface area contributed by atoms with Crippen LogP contribution in [-0.2, 0) is 0 Å². The van der Waals surface area contributed by atoms with Gasteiger partial charge in [-0.2, -0.15) is 4.73 Å². The molecule has 1 fully saturated rings. The molecule has 0 unspecified atom stereocenters. The minimum Gasteiger partial charge on any atom is -0.619 e. The second-order valence-corrected chi connectivity index (χ2v) is 7.47. The summed E-state index contributed by atoms with van der Waals surface area (Å²) >= 11 is 0. The molecule has 2 aromatic carbocycles. The number of halogens is 1. The fraction of sp³-hybridized carbons (Fsp3) is 0.208. The number of pyridine rings is 1. The summed E-state index contributed by atoms with van der Waals surface area (Å²) in [5.74, 6) is -1.28. The Labute approximate surface area is 174 Å². The molecule has 5 nitrogen and oxygen atoms in total. The average Bonchev–Trinajstić information content (AvgIpc) is 2.78. The van der Waals surface area contributed by atoms with Crippen LogP contribution < -0.4 is 4.73 Å². The van der Waals surface area contributed by atoms with Crippen LogP contribution in [0, 0.1) is 16.9 Å². The second-order valence-electron chi connectivity index (χ2n) is 7.47. The largest absolute Gasteiger partial charge is 0.619 e. The molecule has 1 aliphatic heterocycles. The van der Waals surface area contributed by atoms with Crippen molar-refractivity contribution in [2.45, 2.75) is 12.8 Å². The monoisotopic (exact) mass is 404 g/mol. The summed E-state index contributed by atoms with van der Waals surface area (Å²) in [4.78, 5) is 27.3. The van der Waals surface area contributed by atoms with E-state index in [-0.39, 0.29) is 18.2 Å². The van der Waals surface area contributed by atoms with Gasteiger partial charge in [-0.25, -0.2) is 4.39 Å². The van der Waals surface area contributed by atoms with Crippen molar-refractivity contribution in [2.24, 2.45) is 5.92 Å². The number of carbonyl (C=O) groups is 2. The molecule has 4 rings (SSSR count). The zero-order valence-electron chi connectivity index (χ0n) is 16.3. The standard InChI is InChI=1S/C24H21FN2O3/c25-22-14-18(10-11-21(22)17-6-2-1-3-7-17)23(28)19-8-4-12-26(15-19)24(29)20-9-5-13-27(30)16-20/h1-3,5-7,9-11,13-14,16,19H,4,8,12,15H2/t19-/m0/s1. The van der Waals surface area contributed by atoms with Gasteiger partial charge in [0.2, 0.25) is 0 Å². The molecule has 0 saturated carbocycles. The van der Waals surface area contributed by atoms with Crippen LogP contribution in [-0.4, -0.2) is 29.7 Å². The molecule has 1 saturated heterocycles. The molecule has 0 bridgehead atoms. The van der Waals surface area contributed by atoms with Gasteiger partial charge < -0.3 is 10.1 Å². The van der Waals surface area contributed by atoms with E-state index in [0.29, 0.717) is 40.8 Å². The number of hydrogen-bond donors (Lipinski definition) is 0. The summed E-state index contributed by atoms with van der Waals surface area (Å²) in [5, 5.41) is 11.5. The van der Waals surface area contributed by atoms with Crippen LogP contribution in [0.3, 0.4) is 0 Å². The highest BCUT2D eigenvalue weighted by atomic mass is 19.1. The number of nitrogens with zero attached hydrogens (tertiary/aromatic N) is 2. The predicted molar refractivity (Wildman–Crippen MR) is 110 cm³/mol. The molecule has 6 heteroatoms. The highest BCUT2D eigenvalue weighted by Crippen LogP contribution is 2.27. The lowest BCUT2D eigenvalue weighted by atomic mass is 9.89. The molecular formula is C24H21FN2O3. The van der Waals surface area contributed by atoms with Crippen LogP contribution in [0.4, 0.5) is 4.39 Å². The van der Waals surface area contributed by atoms with Gasteiger partial charge in [-0.05, 0) is 30.5 Å². The molecule has 2 heterocycles. The van der Waals surface area contributed by atoms with E-state index in [1.54, 1.807) is 23.1 Å². The Morgan fingerprint density at radius 2 is 1.83 bits per heavy atom. The first kappa shape index (κ1) is 19.8. The Morgan fingerprint density at radius 1 is 1.03 bits per heavy atom. The van der Waals surface area contributed by atoms with Crippen LogP contribution in [0.25, 0.3) is 11.1 Å². The van der Waals surface area contributed by atoms with Crippen molar-refractivity contribution in [3.05, 3.63) is 95.2 Å². The Hall–Kier alpha value is -3.54. The van der Waals surface area contributed by atoms with Crippen molar-refractivity contribution in [3.8, 4) is 11.1 Å². The molecule has 1 amide bonds. The van der Waals surface area contributed by atoms with Gasteiger partial charge in [-0.1, -0.05) is 42.5 Å². The maximum Gasteiger partial charge on any atom is 0.259 e. The minimum atomic E-state index is -0.444. The van der Waals surface area contributed by atoms with Gasteiger partial charge in [0.05, 0.1) is 0 Å². The normalized spacial score (nSPS) is 16.3. The Morgan fingerprint density at radius 3 is 2.57 bits per heavy atom. The molecule has 0 N–H and O–H groups in total. The first-order valence-electron chi connectivity index (χ1n) is 9.90. The van der Waals surface area contributed by atoms with Gasteiger partial charge in [0.25, 0.3) is 5.91 Å². The third kappa shape index (κ3) is 4.08. The van der Waals surface area contributed by atoms with E-state index in [9.17, 15) is 19.2 Å². The van der Waals surface area contributed by atoms with E-state index in [4.69, 9.17) is 0 Å². The third-order valence-corrected chi connectivity index (χ3v) is 5.44. The molecule has 0 spiro atoms. The second kappa shape index (κ2) is 8.45. The zero-order chi connectivity index (χ0) is 21.1. The Bertz CT molecular complexity index is 1080. The highest BCUT2D eigenvalue weighted by molar-refractivity contribution is 5.99. The number of ketones is 1. The number of amides is 1. The van der Waals surface area contributed by atoms with E-state index in [0.717, 1.165) is 5.56 Å². The molecule has 0 radical (unpaired) electrons. The Balaban J connectivity index is 1.50. The van der Waals surface area contributed by atoms with Crippen molar-refractivity contribution < 1.29 is 18.7 Å². The Kier molecular flexibility index (Phi) is 5.57. The summed E-state index contributed by atoms with van der Waals surface area (Å²) < 4.78 is 15.3. The molecular weight excluding hydrogens is 383 g/mol. The quantitative estimate of drug-likeness (QED) is 0.377. The molecule has 1 aliphatic rings. The summed E-state index contributed by atoms with van der Waals surface area (Å²) in [5.41, 5.74) is 1.80. The molecule has 1 atom stereocenters. The molecule has 152 valence electrons. The van der Waals surface area contributed by atoms with Gasteiger partial charge in [0.15, 0.2) is 18.2 Å². The minimum absolute atomic E-state index is 0.169.